The number of thioether (sulfide) groups is 1. The minimum atomic E-state index is -0.243. The van der Waals surface area contributed by atoms with Crippen LogP contribution in [-0.4, -0.2) is 20.8 Å². The summed E-state index contributed by atoms with van der Waals surface area (Å²) in [4.78, 5) is 21.7. The lowest BCUT2D eigenvalue weighted by Crippen LogP contribution is -2.27. The summed E-state index contributed by atoms with van der Waals surface area (Å²) in [5.41, 5.74) is 0. The molecule has 0 bridgehead atoms. The van der Waals surface area contributed by atoms with Crippen LogP contribution < -0.4 is 5.32 Å². The normalized spacial score (nSPS) is 27.5. The molecule has 1 N–H and O–H groups in total. The average Bonchev–Trinajstić information content (AvgIpc) is 1.96. The largest absolute Gasteiger partial charge is 0.354 e. The van der Waals surface area contributed by atoms with E-state index in [9.17, 15) is 9.59 Å². The van der Waals surface area contributed by atoms with Gasteiger partial charge in [0.25, 0.3) is 0 Å². The van der Waals surface area contributed by atoms with Gasteiger partial charge in [-0.05, 0) is 0 Å². The molecular formula is C5H6INO2S. The third-order valence-electron chi connectivity index (χ3n) is 1.07. The summed E-state index contributed by atoms with van der Waals surface area (Å²) in [7, 11) is 0. The van der Waals surface area contributed by atoms with Gasteiger partial charge in [0.05, 0.1) is 0 Å². The Morgan fingerprint density at radius 3 is 3.00 bits per heavy atom. The van der Waals surface area contributed by atoms with Crippen molar-refractivity contribution in [3.05, 3.63) is 0 Å². The Morgan fingerprint density at radius 1 is 1.60 bits per heavy atom. The average molecular weight is 271 g/mol. The highest BCUT2D eigenvalue weighted by Crippen LogP contribution is 2.22. The first-order chi connectivity index (χ1) is 4.70. The van der Waals surface area contributed by atoms with E-state index < -0.39 is 0 Å². The van der Waals surface area contributed by atoms with Crippen molar-refractivity contribution >= 4 is 45.4 Å². The Hall–Kier alpha value is 0.220. The lowest BCUT2D eigenvalue weighted by atomic mass is 10.4. The molecule has 0 aromatic rings. The van der Waals surface area contributed by atoms with Crippen molar-refractivity contribution in [1.82, 2.24) is 5.32 Å². The second-order valence-electron chi connectivity index (χ2n) is 1.85. The Labute approximate surface area is 76.5 Å². The van der Waals surface area contributed by atoms with Crippen LogP contribution in [0.2, 0.25) is 0 Å². The molecule has 1 aliphatic heterocycles. The van der Waals surface area contributed by atoms with Gasteiger partial charge in [-0.3, -0.25) is 9.59 Å². The summed E-state index contributed by atoms with van der Waals surface area (Å²) in [6.45, 7) is 0.490. The van der Waals surface area contributed by atoms with Gasteiger partial charge in [-0.15, -0.1) is 0 Å². The minimum Gasteiger partial charge on any atom is -0.354 e. The van der Waals surface area contributed by atoms with E-state index in [1.54, 1.807) is 0 Å². The van der Waals surface area contributed by atoms with Crippen LogP contribution in [0.15, 0.2) is 0 Å². The third-order valence-corrected chi connectivity index (χ3v) is 3.29. The second-order valence-corrected chi connectivity index (χ2v) is 5.10. The maximum Gasteiger partial charge on any atom is 0.243 e. The van der Waals surface area contributed by atoms with Crippen molar-refractivity contribution < 1.29 is 9.59 Å². The van der Waals surface area contributed by atoms with Gasteiger partial charge in [0.2, 0.25) is 5.91 Å². The Bertz CT molecular complexity index is 173. The van der Waals surface area contributed by atoms with E-state index >= 15 is 0 Å². The molecule has 1 atom stereocenters. The zero-order valence-electron chi connectivity index (χ0n) is 5.09. The van der Waals surface area contributed by atoms with Crippen molar-refractivity contribution in [2.75, 3.05) is 6.54 Å². The van der Waals surface area contributed by atoms with Crippen LogP contribution in [0.1, 0.15) is 6.42 Å². The van der Waals surface area contributed by atoms with Gasteiger partial charge in [0.15, 0.2) is 5.12 Å². The van der Waals surface area contributed by atoms with Gasteiger partial charge >= 0.3 is 0 Å². The highest BCUT2D eigenvalue weighted by atomic mass is 127. The Balaban J connectivity index is 2.57. The van der Waals surface area contributed by atoms with E-state index in [2.05, 4.69) is 5.32 Å². The number of rotatable bonds is 0. The summed E-state index contributed by atoms with van der Waals surface area (Å²) >= 11 is 3.06. The fourth-order valence-corrected chi connectivity index (χ4v) is 2.31. The number of carbonyl (C=O) groups excluding carboxylic acids is 2. The van der Waals surface area contributed by atoms with Gasteiger partial charge < -0.3 is 5.32 Å². The van der Waals surface area contributed by atoms with Crippen molar-refractivity contribution in [3.63, 3.8) is 0 Å². The topological polar surface area (TPSA) is 46.2 Å². The lowest BCUT2D eigenvalue weighted by molar-refractivity contribution is -0.118. The number of hydrogen-bond donors (Lipinski definition) is 1. The summed E-state index contributed by atoms with van der Waals surface area (Å²) in [6.07, 6.45) is 0.454. The predicted molar refractivity (Wildman–Crippen MR) is 48.0 cm³/mol. The molecule has 0 spiro atoms. The molecule has 56 valence electrons. The predicted octanol–water partition coefficient (Wildman–Crippen LogP) is 0.527. The molecule has 0 radical (unpaired) electrons. The molecule has 0 aliphatic carbocycles. The molecule has 1 aliphatic rings. The van der Waals surface area contributed by atoms with Gasteiger partial charge in [0, 0.05) is 13.0 Å². The van der Waals surface area contributed by atoms with Crippen LogP contribution in [0.25, 0.3) is 0 Å². The maximum absolute atomic E-state index is 10.9. The molecule has 10 heavy (non-hydrogen) atoms. The molecule has 1 unspecified atom stereocenters. The first-order valence-corrected chi connectivity index (χ1v) is 4.94. The van der Waals surface area contributed by atoms with Gasteiger partial charge in [-0.25, -0.2) is 0 Å². The van der Waals surface area contributed by atoms with E-state index in [4.69, 9.17) is 0 Å². The molecule has 0 aromatic heterocycles. The van der Waals surface area contributed by atoms with Crippen molar-refractivity contribution in [3.8, 4) is 0 Å². The standard InChI is InChI=1S/C5H6INO2S/c6-4-5(9)7-2-1-3(8)10-4/h4H,1-2H2,(H,7,9). The van der Waals surface area contributed by atoms with Gasteiger partial charge in [-0.1, -0.05) is 34.4 Å². The van der Waals surface area contributed by atoms with Crippen LogP contribution in [0.4, 0.5) is 0 Å². The van der Waals surface area contributed by atoms with Gasteiger partial charge in [-0.2, -0.15) is 0 Å². The van der Waals surface area contributed by atoms with Crippen LogP contribution in [0.3, 0.4) is 0 Å². The van der Waals surface area contributed by atoms with E-state index in [1.165, 1.54) is 0 Å². The highest BCUT2D eigenvalue weighted by molar-refractivity contribution is 14.1. The van der Waals surface area contributed by atoms with Crippen LogP contribution >= 0.6 is 34.4 Å². The number of alkyl halides is 1. The molecule has 0 saturated carbocycles. The zero-order chi connectivity index (χ0) is 7.56. The Morgan fingerprint density at radius 2 is 2.30 bits per heavy atom. The van der Waals surface area contributed by atoms with Gasteiger partial charge in [0.1, 0.15) is 3.26 Å². The smallest absolute Gasteiger partial charge is 0.243 e. The number of halogens is 1. The van der Waals surface area contributed by atoms with Crippen LogP contribution in [0, 0.1) is 0 Å². The molecule has 5 heteroatoms. The first kappa shape index (κ1) is 8.32. The minimum absolute atomic E-state index is 0.0450. The quantitative estimate of drug-likeness (QED) is 0.516. The number of carbonyl (C=O) groups is 2. The fraction of sp³-hybridized carbons (Fsp3) is 0.600. The second kappa shape index (κ2) is 3.56. The molecule has 1 fully saturated rings. The molecule has 1 heterocycles. The maximum atomic E-state index is 10.9. The summed E-state index contributed by atoms with van der Waals surface area (Å²) in [5, 5.41) is 2.73. The molecule has 1 rings (SSSR count). The SMILES string of the molecule is O=C1CCNC(=O)C(I)S1. The van der Waals surface area contributed by atoms with Crippen molar-refractivity contribution in [1.29, 1.82) is 0 Å². The molecule has 1 saturated heterocycles. The van der Waals surface area contributed by atoms with Crippen LogP contribution in [-0.2, 0) is 9.59 Å². The summed E-state index contributed by atoms with van der Waals surface area (Å²) in [6, 6.07) is 0. The fourth-order valence-electron chi connectivity index (χ4n) is 0.596. The number of amides is 1. The van der Waals surface area contributed by atoms with E-state index in [0.29, 0.717) is 13.0 Å². The van der Waals surface area contributed by atoms with Crippen LogP contribution in [0.5, 0.6) is 0 Å². The van der Waals surface area contributed by atoms with Crippen molar-refractivity contribution in [2.45, 2.75) is 9.68 Å². The molecule has 3 nitrogen and oxygen atoms in total. The molecule has 1 amide bonds. The molecule has 0 aromatic carbocycles. The lowest BCUT2D eigenvalue weighted by Gasteiger charge is -2.00. The monoisotopic (exact) mass is 271 g/mol. The zero-order valence-corrected chi connectivity index (χ0v) is 8.07. The number of nitrogens with one attached hydrogen (secondary N) is 1. The Kier molecular flexibility index (Phi) is 2.96. The van der Waals surface area contributed by atoms with E-state index in [0.717, 1.165) is 11.8 Å². The van der Waals surface area contributed by atoms with Crippen molar-refractivity contribution in [2.24, 2.45) is 0 Å². The first-order valence-electron chi connectivity index (χ1n) is 2.81. The summed E-state index contributed by atoms with van der Waals surface area (Å²) < 4.78 is -0.243. The van der Waals surface area contributed by atoms with E-state index in [-0.39, 0.29) is 14.3 Å². The molecular weight excluding hydrogens is 265 g/mol. The van der Waals surface area contributed by atoms with E-state index in [1.807, 2.05) is 22.6 Å². The number of hydrogen-bond acceptors (Lipinski definition) is 3. The third kappa shape index (κ3) is 2.12. The highest BCUT2D eigenvalue weighted by Gasteiger charge is 2.22. The summed E-state index contributed by atoms with van der Waals surface area (Å²) in [5.74, 6) is -0.0450.